The van der Waals surface area contributed by atoms with Crippen molar-refractivity contribution in [2.45, 2.75) is 39.7 Å². The average molecular weight is 482 g/mol. The first-order chi connectivity index (χ1) is 16.9. The van der Waals surface area contributed by atoms with Crippen LogP contribution in [0.1, 0.15) is 32.4 Å². The largest absolute Gasteiger partial charge is 0.473 e. The molecule has 0 unspecified atom stereocenters. The smallest absolute Gasteiger partial charge is 0.256 e. The number of aromatic nitrogens is 2. The van der Waals surface area contributed by atoms with Gasteiger partial charge in [0, 0.05) is 60.2 Å². The molecule has 2 aromatic rings. The first-order valence-corrected chi connectivity index (χ1v) is 12.1. The molecule has 4 N–H and O–H groups in total. The summed E-state index contributed by atoms with van der Waals surface area (Å²) in [5.74, 6) is 1.03. The zero-order valence-corrected chi connectivity index (χ0v) is 20.7. The maximum atomic E-state index is 12.7. The number of aryl methyl sites for hydroxylation is 1. The lowest BCUT2D eigenvalue weighted by Gasteiger charge is -2.31. The zero-order valence-electron chi connectivity index (χ0n) is 20.7. The first kappa shape index (κ1) is 24.8. The van der Waals surface area contributed by atoms with E-state index >= 15 is 0 Å². The molecule has 0 atom stereocenters. The number of rotatable bonds is 7. The van der Waals surface area contributed by atoms with Gasteiger partial charge in [-0.2, -0.15) is 0 Å². The summed E-state index contributed by atoms with van der Waals surface area (Å²) in [6.45, 7) is 9.86. The van der Waals surface area contributed by atoms with Crippen molar-refractivity contribution in [1.82, 2.24) is 9.97 Å². The van der Waals surface area contributed by atoms with Crippen LogP contribution in [0.4, 0.5) is 11.5 Å². The lowest BCUT2D eigenvalue weighted by atomic mass is 10.1. The van der Waals surface area contributed by atoms with Crippen LogP contribution in [0, 0.1) is 6.92 Å². The Bertz CT molecular complexity index is 1090. The number of morpholine rings is 1. The zero-order chi connectivity index (χ0) is 24.8. The molecule has 2 aromatic heterocycles. The predicted octanol–water partition coefficient (Wildman–Crippen LogP) is 3.53. The van der Waals surface area contributed by atoms with Crippen molar-refractivity contribution in [2.24, 2.45) is 5.73 Å². The number of carbonyl (C=O) groups excluding carboxylic acids is 1. The number of nitrogens with two attached hydrogens (primary N) is 1. The molecule has 0 spiro atoms. The van der Waals surface area contributed by atoms with Crippen molar-refractivity contribution in [3.8, 4) is 17.0 Å². The van der Waals surface area contributed by atoms with Gasteiger partial charge in [-0.05, 0) is 39.0 Å². The van der Waals surface area contributed by atoms with Crippen LogP contribution >= 0.6 is 0 Å². The second-order valence-corrected chi connectivity index (χ2v) is 8.89. The maximum Gasteiger partial charge on any atom is 0.256 e. The van der Waals surface area contributed by atoms with E-state index in [1.807, 2.05) is 26.1 Å². The SMILES string of the molecule is C/C=C(\C=C(\C)N)C(=O)Nc1cc(-c2cnc(OC3CCOCC3)c(N3CCOCC3)c2)c(C)[nH]1. The molecule has 2 fully saturated rings. The summed E-state index contributed by atoms with van der Waals surface area (Å²) in [4.78, 5) is 22.9. The molecule has 4 heterocycles. The number of anilines is 2. The van der Waals surface area contributed by atoms with Crippen LogP contribution in [-0.2, 0) is 14.3 Å². The second kappa shape index (κ2) is 11.4. The summed E-state index contributed by atoms with van der Waals surface area (Å²) in [6.07, 6.45) is 7.04. The van der Waals surface area contributed by atoms with Gasteiger partial charge >= 0.3 is 0 Å². The highest BCUT2D eigenvalue weighted by atomic mass is 16.5. The van der Waals surface area contributed by atoms with E-state index < -0.39 is 0 Å². The lowest BCUT2D eigenvalue weighted by molar-refractivity contribution is -0.112. The monoisotopic (exact) mass is 481 g/mol. The number of amides is 1. The molecule has 0 bridgehead atoms. The van der Waals surface area contributed by atoms with Gasteiger partial charge in [-0.25, -0.2) is 4.98 Å². The Hall–Kier alpha value is -3.30. The molecule has 0 radical (unpaired) electrons. The van der Waals surface area contributed by atoms with E-state index in [1.165, 1.54) is 0 Å². The van der Waals surface area contributed by atoms with E-state index in [2.05, 4.69) is 21.3 Å². The molecule has 9 nitrogen and oxygen atoms in total. The number of hydrogen-bond acceptors (Lipinski definition) is 7. The third kappa shape index (κ3) is 6.23. The minimum absolute atomic E-state index is 0.102. The molecule has 0 aromatic carbocycles. The van der Waals surface area contributed by atoms with Gasteiger partial charge in [0.25, 0.3) is 5.91 Å². The third-order valence-corrected chi connectivity index (χ3v) is 6.16. The molecule has 4 rings (SSSR count). The van der Waals surface area contributed by atoms with E-state index in [0.29, 0.717) is 49.4 Å². The molecule has 2 saturated heterocycles. The summed E-state index contributed by atoms with van der Waals surface area (Å²) < 4.78 is 17.4. The molecule has 1 amide bonds. The fourth-order valence-electron chi connectivity index (χ4n) is 4.31. The summed E-state index contributed by atoms with van der Waals surface area (Å²) in [7, 11) is 0. The Morgan fingerprint density at radius 2 is 1.94 bits per heavy atom. The van der Waals surface area contributed by atoms with Crippen LogP contribution in [0.2, 0.25) is 0 Å². The van der Waals surface area contributed by atoms with Crippen LogP contribution in [0.15, 0.2) is 41.8 Å². The van der Waals surface area contributed by atoms with Crippen LogP contribution in [0.5, 0.6) is 5.88 Å². The number of nitrogens with one attached hydrogen (secondary N) is 2. The fourth-order valence-corrected chi connectivity index (χ4v) is 4.31. The minimum Gasteiger partial charge on any atom is -0.473 e. The van der Waals surface area contributed by atoms with E-state index in [-0.39, 0.29) is 12.0 Å². The lowest BCUT2D eigenvalue weighted by Crippen LogP contribution is -2.37. The number of ether oxygens (including phenoxy) is 3. The van der Waals surface area contributed by atoms with Gasteiger partial charge in [0.1, 0.15) is 17.6 Å². The molecule has 2 aliphatic heterocycles. The summed E-state index contributed by atoms with van der Waals surface area (Å²) in [6, 6.07) is 4.05. The van der Waals surface area contributed by atoms with Gasteiger partial charge in [0.15, 0.2) is 0 Å². The van der Waals surface area contributed by atoms with Crippen molar-refractivity contribution in [1.29, 1.82) is 0 Å². The van der Waals surface area contributed by atoms with Gasteiger partial charge < -0.3 is 35.1 Å². The minimum atomic E-state index is -0.225. The van der Waals surface area contributed by atoms with Crippen LogP contribution in [0.25, 0.3) is 11.1 Å². The average Bonchev–Trinajstić information content (AvgIpc) is 3.23. The summed E-state index contributed by atoms with van der Waals surface area (Å²) in [5.41, 5.74) is 10.6. The summed E-state index contributed by atoms with van der Waals surface area (Å²) in [5, 5.41) is 2.93. The van der Waals surface area contributed by atoms with Crippen LogP contribution < -0.4 is 20.7 Å². The molecule has 35 heavy (non-hydrogen) atoms. The highest BCUT2D eigenvalue weighted by molar-refractivity contribution is 6.05. The Labute approximate surface area is 206 Å². The third-order valence-electron chi connectivity index (χ3n) is 6.16. The molecule has 0 aliphatic carbocycles. The van der Waals surface area contributed by atoms with Crippen molar-refractivity contribution >= 4 is 17.4 Å². The Kier molecular flexibility index (Phi) is 8.09. The van der Waals surface area contributed by atoms with E-state index in [1.54, 1.807) is 19.1 Å². The number of H-pyrrole nitrogens is 1. The van der Waals surface area contributed by atoms with Gasteiger partial charge in [0.2, 0.25) is 5.88 Å². The quantitative estimate of drug-likeness (QED) is 0.409. The fraction of sp³-hybridized carbons (Fsp3) is 0.462. The maximum absolute atomic E-state index is 12.7. The van der Waals surface area contributed by atoms with E-state index in [0.717, 1.165) is 48.4 Å². The van der Waals surface area contributed by atoms with Gasteiger partial charge in [-0.15, -0.1) is 0 Å². The van der Waals surface area contributed by atoms with Crippen molar-refractivity contribution in [3.05, 3.63) is 47.4 Å². The number of allylic oxidation sites excluding steroid dienone is 2. The summed E-state index contributed by atoms with van der Waals surface area (Å²) >= 11 is 0. The molecular formula is C26H35N5O4. The number of pyridine rings is 1. The first-order valence-electron chi connectivity index (χ1n) is 12.1. The van der Waals surface area contributed by atoms with Crippen LogP contribution in [0.3, 0.4) is 0 Å². The van der Waals surface area contributed by atoms with Gasteiger partial charge in [0.05, 0.1) is 26.4 Å². The Morgan fingerprint density at radius 3 is 2.63 bits per heavy atom. The van der Waals surface area contributed by atoms with Gasteiger partial charge in [-0.1, -0.05) is 6.08 Å². The normalized spacial score (nSPS) is 18.0. The number of carbonyl (C=O) groups is 1. The predicted molar refractivity (Wildman–Crippen MR) is 137 cm³/mol. The van der Waals surface area contributed by atoms with Crippen molar-refractivity contribution in [2.75, 3.05) is 49.7 Å². The molecule has 2 aliphatic rings. The number of hydrogen-bond donors (Lipinski definition) is 3. The van der Waals surface area contributed by atoms with Gasteiger partial charge in [-0.3, -0.25) is 4.79 Å². The Balaban J connectivity index is 1.60. The number of nitrogens with zero attached hydrogens (tertiary/aromatic N) is 2. The Morgan fingerprint density at radius 1 is 1.23 bits per heavy atom. The highest BCUT2D eigenvalue weighted by Gasteiger charge is 2.23. The number of aromatic amines is 1. The molecule has 188 valence electrons. The highest BCUT2D eigenvalue weighted by Crippen LogP contribution is 2.35. The second-order valence-electron chi connectivity index (χ2n) is 8.89. The van der Waals surface area contributed by atoms with Crippen molar-refractivity contribution in [3.63, 3.8) is 0 Å². The topological polar surface area (TPSA) is 115 Å². The van der Waals surface area contributed by atoms with E-state index in [9.17, 15) is 4.79 Å². The molecule has 0 saturated carbocycles. The van der Waals surface area contributed by atoms with E-state index in [4.69, 9.17) is 24.9 Å². The van der Waals surface area contributed by atoms with Crippen molar-refractivity contribution < 1.29 is 19.0 Å². The van der Waals surface area contributed by atoms with Crippen LogP contribution in [-0.4, -0.2) is 61.5 Å². The standard InChI is InChI=1S/C26H35N5O4/c1-4-19(13-17(2)27)25(32)30-24-15-22(18(3)29-24)20-14-23(31-7-11-34-12-8-31)26(28-16-20)35-21-5-9-33-10-6-21/h4,13-16,21,29H,5-12,27H2,1-3H3,(H,30,32)/b17-13-,19-4+. The molecular weight excluding hydrogens is 446 g/mol. The molecule has 9 heteroatoms.